The van der Waals surface area contributed by atoms with Crippen molar-refractivity contribution in [1.82, 2.24) is 0 Å². The SMILES string of the molecule is C=C(C)CO[CH]OCC(=C)C. The van der Waals surface area contributed by atoms with E-state index in [1.807, 2.05) is 13.8 Å². The summed E-state index contributed by atoms with van der Waals surface area (Å²) >= 11 is 0. The number of hydrogen-bond donors (Lipinski definition) is 0. The summed E-state index contributed by atoms with van der Waals surface area (Å²) in [6.07, 6.45) is 0. The molecule has 2 heteroatoms. The van der Waals surface area contributed by atoms with Gasteiger partial charge in [-0.2, -0.15) is 0 Å². The van der Waals surface area contributed by atoms with Gasteiger partial charge in [-0.05, 0) is 13.8 Å². The summed E-state index contributed by atoms with van der Waals surface area (Å²) in [7, 11) is 0. The molecule has 0 N–H and O–H groups in total. The fraction of sp³-hybridized carbons (Fsp3) is 0.444. The highest BCUT2D eigenvalue weighted by molar-refractivity contribution is 4.88. The lowest BCUT2D eigenvalue weighted by Crippen LogP contribution is -1.97. The highest BCUT2D eigenvalue weighted by atomic mass is 16.7. The van der Waals surface area contributed by atoms with Crippen LogP contribution in [0.4, 0.5) is 0 Å². The quantitative estimate of drug-likeness (QED) is 0.433. The molecule has 0 aliphatic carbocycles. The molecular formula is C9H15O2. The van der Waals surface area contributed by atoms with E-state index in [4.69, 9.17) is 9.47 Å². The van der Waals surface area contributed by atoms with E-state index in [0.29, 0.717) is 13.2 Å². The van der Waals surface area contributed by atoms with Gasteiger partial charge in [-0.15, -0.1) is 0 Å². The Hall–Kier alpha value is -0.600. The Morgan fingerprint density at radius 2 is 1.45 bits per heavy atom. The van der Waals surface area contributed by atoms with E-state index in [0.717, 1.165) is 11.1 Å². The van der Waals surface area contributed by atoms with Crippen LogP contribution in [0, 0.1) is 6.79 Å². The Balaban J connectivity index is 3.03. The van der Waals surface area contributed by atoms with E-state index < -0.39 is 0 Å². The third kappa shape index (κ3) is 9.40. The van der Waals surface area contributed by atoms with Crippen molar-refractivity contribution in [3.8, 4) is 0 Å². The summed E-state index contributed by atoms with van der Waals surface area (Å²) in [5.74, 6) is 0. The maximum Gasteiger partial charge on any atom is 0.210 e. The van der Waals surface area contributed by atoms with Crippen LogP contribution in [0.25, 0.3) is 0 Å². The highest BCUT2D eigenvalue weighted by Gasteiger charge is 1.89. The molecule has 0 atom stereocenters. The van der Waals surface area contributed by atoms with Crippen LogP contribution in [-0.4, -0.2) is 13.2 Å². The van der Waals surface area contributed by atoms with Gasteiger partial charge in [0.15, 0.2) is 0 Å². The molecule has 0 aromatic heterocycles. The monoisotopic (exact) mass is 155 g/mol. The van der Waals surface area contributed by atoms with Crippen LogP contribution in [-0.2, 0) is 9.47 Å². The summed E-state index contributed by atoms with van der Waals surface area (Å²) in [6.45, 7) is 13.5. The van der Waals surface area contributed by atoms with Crippen LogP contribution in [0.1, 0.15) is 13.8 Å². The molecule has 0 aromatic carbocycles. The molecule has 0 saturated carbocycles. The van der Waals surface area contributed by atoms with Crippen molar-refractivity contribution >= 4 is 0 Å². The molecule has 1 radical (unpaired) electrons. The predicted molar refractivity (Wildman–Crippen MR) is 45.8 cm³/mol. The van der Waals surface area contributed by atoms with Gasteiger partial charge in [0.2, 0.25) is 6.79 Å². The Labute approximate surface area is 68.5 Å². The van der Waals surface area contributed by atoms with Gasteiger partial charge in [0.05, 0.1) is 13.2 Å². The molecule has 0 amide bonds. The van der Waals surface area contributed by atoms with Gasteiger partial charge in [0.25, 0.3) is 0 Å². The van der Waals surface area contributed by atoms with E-state index in [1.165, 1.54) is 6.79 Å². The van der Waals surface area contributed by atoms with Crippen molar-refractivity contribution in [3.05, 3.63) is 31.1 Å². The second-order valence-corrected chi connectivity index (χ2v) is 2.63. The van der Waals surface area contributed by atoms with E-state index in [9.17, 15) is 0 Å². The van der Waals surface area contributed by atoms with E-state index in [2.05, 4.69) is 13.2 Å². The van der Waals surface area contributed by atoms with Gasteiger partial charge in [-0.3, -0.25) is 0 Å². The molecule has 2 nitrogen and oxygen atoms in total. The first-order valence-electron chi connectivity index (χ1n) is 3.46. The molecule has 0 saturated heterocycles. The lowest BCUT2D eigenvalue weighted by molar-refractivity contribution is 0.0399. The second-order valence-electron chi connectivity index (χ2n) is 2.63. The minimum Gasteiger partial charge on any atom is -0.344 e. The van der Waals surface area contributed by atoms with Crippen molar-refractivity contribution in [2.75, 3.05) is 13.2 Å². The van der Waals surface area contributed by atoms with Crippen molar-refractivity contribution < 1.29 is 9.47 Å². The van der Waals surface area contributed by atoms with Gasteiger partial charge < -0.3 is 9.47 Å². The summed E-state index contributed by atoms with van der Waals surface area (Å²) in [6, 6.07) is 0. The molecule has 0 aromatic rings. The van der Waals surface area contributed by atoms with E-state index in [-0.39, 0.29) is 0 Å². The minimum atomic E-state index is 0.510. The van der Waals surface area contributed by atoms with Gasteiger partial charge in [-0.1, -0.05) is 24.3 Å². The average molecular weight is 155 g/mol. The molecule has 63 valence electrons. The van der Waals surface area contributed by atoms with Crippen molar-refractivity contribution in [2.45, 2.75) is 13.8 Å². The summed E-state index contributed by atoms with van der Waals surface area (Å²) < 4.78 is 9.92. The molecular weight excluding hydrogens is 140 g/mol. The molecule has 0 aliphatic heterocycles. The van der Waals surface area contributed by atoms with E-state index >= 15 is 0 Å². The fourth-order valence-electron chi connectivity index (χ4n) is 0.401. The van der Waals surface area contributed by atoms with Crippen molar-refractivity contribution in [3.63, 3.8) is 0 Å². The summed E-state index contributed by atoms with van der Waals surface area (Å²) in [5, 5.41) is 0. The molecule has 0 fully saturated rings. The third-order valence-electron chi connectivity index (χ3n) is 0.796. The number of ether oxygens (including phenoxy) is 2. The Morgan fingerprint density at radius 3 is 1.73 bits per heavy atom. The first kappa shape index (κ1) is 10.4. The number of hydrogen-bond acceptors (Lipinski definition) is 2. The van der Waals surface area contributed by atoms with Crippen molar-refractivity contribution in [1.29, 1.82) is 0 Å². The smallest absolute Gasteiger partial charge is 0.210 e. The predicted octanol–water partition coefficient (Wildman–Crippen LogP) is 2.29. The Morgan fingerprint density at radius 1 is 1.09 bits per heavy atom. The third-order valence-corrected chi connectivity index (χ3v) is 0.796. The minimum absolute atomic E-state index is 0.510. The van der Waals surface area contributed by atoms with Gasteiger partial charge in [-0.25, -0.2) is 0 Å². The van der Waals surface area contributed by atoms with Crippen LogP contribution < -0.4 is 0 Å². The van der Waals surface area contributed by atoms with Crippen LogP contribution in [0.15, 0.2) is 24.3 Å². The van der Waals surface area contributed by atoms with Crippen LogP contribution >= 0.6 is 0 Å². The van der Waals surface area contributed by atoms with Crippen LogP contribution in [0.3, 0.4) is 0 Å². The normalized spacial score (nSPS) is 9.64. The maximum absolute atomic E-state index is 4.96. The Bertz CT molecular complexity index is 122. The first-order valence-corrected chi connectivity index (χ1v) is 3.46. The zero-order valence-corrected chi connectivity index (χ0v) is 7.22. The van der Waals surface area contributed by atoms with E-state index in [1.54, 1.807) is 0 Å². The standard InChI is InChI=1S/C9H15O2/c1-8(2)5-10-7-11-6-9(3)4/h7H,1,3,5-6H2,2,4H3. The molecule has 0 aliphatic rings. The Kier molecular flexibility index (Phi) is 5.80. The maximum atomic E-state index is 4.96. The van der Waals surface area contributed by atoms with Crippen LogP contribution in [0.2, 0.25) is 0 Å². The van der Waals surface area contributed by atoms with Crippen LogP contribution in [0.5, 0.6) is 0 Å². The number of rotatable bonds is 6. The van der Waals surface area contributed by atoms with Crippen molar-refractivity contribution in [2.24, 2.45) is 0 Å². The zero-order valence-electron chi connectivity index (χ0n) is 7.22. The van der Waals surface area contributed by atoms with Gasteiger partial charge >= 0.3 is 0 Å². The lowest BCUT2D eigenvalue weighted by atomic mass is 10.4. The first-order chi connectivity index (χ1) is 5.13. The van der Waals surface area contributed by atoms with Gasteiger partial charge in [0.1, 0.15) is 0 Å². The highest BCUT2D eigenvalue weighted by Crippen LogP contribution is 1.94. The average Bonchev–Trinajstić information content (AvgIpc) is 1.85. The lowest BCUT2D eigenvalue weighted by Gasteiger charge is -2.03. The topological polar surface area (TPSA) is 18.5 Å². The van der Waals surface area contributed by atoms with Gasteiger partial charge in [0, 0.05) is 0 Å². The molecule has 0 bridgehead atoms. The summed E-state index contributed by atoms with van der Waals surface area (Å²) in [5.41, 5.74) is 1.94. The molecule has 0 spiro atoms. The molecule has 0 heterocycles. The largest absolute Gasteiger partial charge is 0.344 e. The second kappa shape index (κ2) is 6.13. The molecule has 11 heavy (non-hydrogen) atoms. The molecule has 0 unspecified atom stereocenters. The fourth-order valence-corrected chi connectivity index (χ4v) is 0.401. The zero-order chi connectivity index (χ0) is 8.69. The molecule has 0 rings (SSSR count). The summed E-state index contributed by atoms with van der Waals surface area (Å²) in [4.78, 5) is 0.